The summed E-state index contributed by atoms with van der Waals surface area (Å²) < 4.78 is 53.5. The molecule has 0 atom stereocenters. The molecule has 1 aliphatic rings. The van der Waals surface area contributed by atoms with Gasteiger partial charge in [0.1, 0.15) is 11.6 Å². The summed E-state index contributed by atoms with van der Waals surface area (Å²) in [5, 5.41) is 0. The molecule has 4 nitrogen and oxygen atoms in total. The minimum absolute atomic E-state index is 0.144. The summed E-state index contributed by atoms with van der Waals surface area (Å²) in [7, 11) is -4.20. The third-order valence-corrected chi connectivity index (χ3v) is 5.56. The van der Waals surface area contributed by atoms with E-state index in [1.165, 1.54) is 0 Å². The number of nitrogens with zero attached hydrogens (tertiary/aromatic N) is 1. The van der Waals surface area contributed by atoms with Crippen molar-refractivity contribution in [1.29, 1.82) is 0 Å². The second kappa shape index (κ2) is 4.42. The van der Waals surface area contributed by atoms with Crippen LogP contribution >= 0.6 is 0 Å². The Morgan fingerprint density at radius 3 is 2.21 bits per heavy atom. The predicted octanol–water partition coefficient (Wildman–Crippen LogP) is 2.11. The van der Waals surface area contributed by atoms with Gasteiger partial charge in [-0.15, -0.1) is 0 Å². The molecule has 1 saturated heterocycles. The molecule has 0 bridgehead atoms. The molecule has 2 N–H and O–H groups in total. The van der Waals surface area contributed by atoms with E-state index in [1.807, 2.05) is 0 Å². The van der Waals surface area contributed by atoms with Crippen LogP contribution < -0.4 is 5.73 Å². The van der Waals surface area contributed by atoms with Crippen molar-refractivity contribution in [2.45, 2.75) is 37.1 Å². The maximum absolute atomic E-state index is 13.8. The molecule has 1 fully saturated rings. The fraction of sp³-hybridized carbons (Fsp3) is 0.500. The second-order valence-electron chi connectivity index (χ2n) is 5.31. The first kappa shape index (κ1) is 14.2. The fourth-order valence-corrected chi connectivity index (χ4v) is 4.41. The van der Waals surface area contributed by atoms with Crippen molar-refractivity contribution in [3.05, 3.63) is 23.8 Å². The Labute approximate surface area is 111 Å². The van der Waals surface area contributed by atoms with E-state index in [1.54, 1.807) is 13.8 Å². The van der Waals surface area contributed by atoms with Crippen LogP contribution in [0.4, 0.5) is 14.5 Å². The van der Waals surface area contributed by atoms with E-state index in [9.17, 15) is 17.2 Å². The number of hydrogen-bond acceptors (Lipinski definition) is 3. The standard InChI is InChI=1S/C12H16F2N2O2S/c1-12(2)4-3-5-16(12)19(17,18)11-9(13)6-8(15)7-10(11)14/h6-7H,3-5,15H2,1-2H3. The molecule has 106 valence electrons. The Hall–Kier alpha value is -1.21. The van der Waals surface area contributed by atoms with Crippen molar-refractivity contribution in [2.24, 2.45) is 0 Å². The summed E-state index contributed by atoms with van der Waals surface area (Å²) in [5.41, 5.74) is 4.51. The van der Waals surface area contributed by atoms with Gasteiger partial charge in [-0.1, -0.05) is 0 Å². The first-order valence-electron chi connectivity index (χ1n) is 5.93. The molecule has 1 aromatic carbocycles. The largest absolute Gasteiger partial charge is 0.399 e. The number of halogens is 2. The molecular formula is C12H16F2N2O2S. The van der Waals surface area contributed by atoms with Crippen molar-refractivity contribution >= 4 is 15.7 Å². The summed E-state index contributed by atoms with van der Waals surface area (Å²) >= 11 is 0. The van der Waals surface area contributed by atoms with Gasteiger partial charge in [0.25, 0.3) is 0 Å². The van der Waals surface area contributed by atoms with Crippen LogP contribution in [0, 0.1) is 11.6 Å². The number of sulfonamides is 1. The van der Waals surface area contributed by atoms with E-state index >= 15 is 0 Å². The Morgan fingerprint density at radius 1 is 1.26 bits per heavy atom. The van der Waals surface area contributed by atoms with Gasteiger partial charge in [0.05, 0.1) is 0 Å². The highest BCUT2D eigenvalue weighted by molar-refractivity contribution is 7.89. The number of nitrogen functional groups attached to an aromatic ring is 1. The normalized spacial score (nSPS) is 19.8. The van der Waals surface area contributed by atoms with Crippen LogP contribution in [0.15, 0.2) is 17.0 Å². The SMILES string of the molecule is CC1(C)CCCN1S(=O)(=O)c1c(F)cc(N)cc1F. The van der Waals surface area contributed by atoms with Crippen LogP contribution in [-0.2, 0) is 10.0 Å². The molecule has 7 heteroatoms. The first-order chi connectivity index (χ1) is 8.66. The van der Waals surface area contributed by atoms with E-state index in [-0.39, 0.29) is 12.2 Å². The minimum Gasteiger partial charge on any atom is -0.399 e. The van der Waals surface area contributed by atoms with Gasteiger partial charge in [0.2, 0.25) is 10.0 Å². The number of nitrogens with two attached hydrogens (primary N) is 1. The zero-order chi connectivity index (χ0) is 14.4. The molecule has 19 heavy (non-hydrogen) atoms. The molecule has 1 aliphatic heterocycles. The molecule has 0 amide bonds. The summed E-state index contributed by atoms with van der Waals surface area (Å²) in [6.07, 6.45) is 1.33. The van der Waals surface area contributed by atoms with Crippen molar-refractivity contribution < 1.29 is 17.2 Å². The molecule has 0 aromatic heterocycles. The lowest BCUT2D eigenvalue weighted by Crippen LogP contribution is -2.43. The van der Waals surface area contributed by atoms with E-state index in [4.69, 9.17) is 5.73 Å². The maximum Gasteiger partial charge on any atom is 0.249 e. The predicted molar refractivity (Wildman–Crippen MR) is 68.0 cm³/mol. The molecule has 0 aliphatic carbocycles. The zero-order valence-electron chi connectivity index (χ0n) is 10.8. The van der Waals surface area contributed by atoms with Crippen molar-refractivity contribution in [2.75, 3.05) is 12.3 Å². The highest BCUT2D eigenvalue weighted by Crippen LogP contribution is 2.35. The first-order valence-corrected chi connectivity index (χ1v) is 7.37. The van der Waals surface area contributed by atoms with Gasteiger partial charge >= 0.3 is 0 Å². The monoisotopic (exact) mass is 290 g/mol. The van der Waals surface area contributed by atoms with Crippen LogP contribution in [-0.4, -0.2) is 24.8 Å². The quantitative estimate of drug-likeness (QED) is 0.848. The lowest BCUT2D eigenvalue weighted by atomic mass is 10.0. The third kappa shape index (κ3) is 2.32. The lowest BCUT2D eigenvalue weighted by molar-refractivity contribution is 0.289. The summed E-state index contributed by atoms with van der Waals surface area (Å²) in [6.45, 7) is 3.74. The Morgan fingerprint density at radius 2 is 1.79 bits per heavy atom. The molecule has 0 unspecified atom stereocenters. The van der Waals surface area contributed by atoms with Crippen molar-refractivity contribution in [3.63, 3.8) is 0 Å². The average Bonchev–Trinajstić information content (AvgIpc) is 2.56. The molecule has 1 heterocycles. The molecule has 0 radical (unpaired) electrons. The lowest BCUT2D eigenvalue weighted by Gasteiger charge is -2.30. The summed E-state index contributed by atoms with van der Waals surface area (Å²) in [4.78, 5) is -0.920. The molecular weight excluding hydrogens is 274 g/mol. The Bertz CT molecular complexity index is 591. The van der Waals surface area contributed by atoms with E-state index < -0.39 is 32.1 Å². The fourth-order valence-electron chi connectivity index (χ4n) is 2.46. The minimum atomic E-state index is -4.20. The highest BCUT2D eigenvalue weighted by atomic mass is 32.2. The maximum atomic E-state index is 13.8. The molecule has 0 saturated carbocycles. The third-order valence-electron chi connectivity index (χ3n) is 3.39. The smallest absolute Gasteiger partial charge is 0.249 e. The van der Waals surface area contributed by atoms with Crippen LogP contribution in [0.25, 0.3) is 0 Å². The van der Waals surface area contributed by atoms with Crippen molar-refractivity contribution in [1.82, 2.24) is 4.31 Å². The van der Waals surface area contributed by atoms with Gasteiger partial charge in [-0.3, -0.25) is 0 Å². The van der Waals surface area contributed by atoms with Gasteiger partial charge in [0.15, 0.2) is 4.90 Å². The van der Waals surface area contributed by atoms with Crippen molar-refractivity contribution in [3.8, 4) is 0 Å². The number of hydrogen-bond donors (Lipinski definition) is 1. The summed E-state index contributed by atoms with van der Waals surface area (Å²) in [5.74, 6) is -2.31. The van der Waals surface area contributed by atoms with E-state index in [0.29, 0.717) is 12.8 Å². The van der Waals surface area contributed by atoms with Gasteiger partial charge in [-0.2, -0.15) is 4.31 Å². The number of anilines is 1. The molecule has 0 spiro atoms. The van der Waals surface area contributed by atoms with Gasteiger partial charge in [-0.25, -0.2) is 17.2 Å². The average molecular weight is 290 g/mol. The van der Waals surface area contributed by atoms with E-state index in [2.05, 4.69) is 0 Å². The van der Waals surface area contributed by atoms with Gasteiger partial charge in [-0.05, 0) is 38.8 Å². The number of rotatable bonds is 2. The Kier molecular flexibility index (Phi) is 3.30. The van der Waals surface area contributed by atoms with Crippen LogP contribution in [0.1, 0.15) is 26.7 Å². The second-order valence-corrected chi connectivity index (χ2v) is 7.11. The number of benzene rings is 1. The highest BCUT2D eigenvalue weighted by Gasteiger charge is 2.43. The van der Waals surface area contributed by atoms with Crippen LogP contribution in [0.3, 0.4) is 0 Å². The topological polar surface area (TPSA) is 63.4 Å². The van der Waals surface area contributed by atoms with Crippen LogP contribution in [0.2, 0.25) is 0 Å². The zero-order valence-corrected chi connectivity index (χ0v) is 11.6. The Balaban J connectivity index is 2.58. The summed E-state index contributed by atoms with van der Waals surface area (Å²) in [6, 6.07) is 1.64. The van der Waals surface area contributed by atoms with Gasteiger partial charge in [0, 0.05) is 17.8 Å². The van der Waals surface area contributed by atoms with E-state index in [0.717, 1.165) is 16.4 Å². The van der Waals surface area contributed by atoms with Crippen LogP contribution in [0.5, 0.6) is 0 Å². The molecule has 1 aromatic rings. The molecule has 2 rings (SSSR count). The van der Waals surface area contributed by atoms with Gasteiger partial charge < -0.3 is 5.73 Å².